The van der Waals surface area contributed by atoms with Gasteiger partial charge in [0, 0.05) is 0 Å². The van der Waals surface area contributed by atoms with Gasteiger partial charge in [0.1, 0.15) is 24.4 Å². The Labute approximate surface area is 382 Å². The Balaban J connectivity index is 4.31. The molecular weight excluding hydrogens is 769 g/mol. The van der Waals surface area contributed by atoms with Crippen LogP contribution in [-0.4, -0.2) is 65.3 Å². The van der Waals surface area contributed by atoms with Crippen LogP contribution in [0, 0.1) is 0 Å². The molecule has 6 heteroatoms. The molecule has 1 aliphatic heterocycles. The average molecular weight is 861 g/mol. The van der Waals surface area contributed by atoms with Gasteiger partial charge in [-0.1, -0.05) is 88.6 Å². The van der Waals surface area contributed by atoms with Gasteiger partial charge in [0.2, 0.25) is 0 Å². The predicted octanol–water partition coefficient (Wildman–Crippen LogP) is 15.4. The first kappa shape index (κ1) is 57.2. The Hall–Kier alpha value is -2.84. The fraction of sp³-hybridized carbons (Fsp3) is 0.643. The minimum Gasteiger partial charge on any atom is -0.368 e. The number of rotatable bonds is 31. The third kappa shape index (κ3) is 20.8. The molecule has 62 heavy (non-hydrogen) atoms. The summed E-state index contributed by atoms with van der Waals surface area (Å²) in [6.45, 7) is 53.1. The molecule has 0 aromatic carbocycles. The third-order valence-electron chi connectivity index (χ3n) is 11.9. The molecule has 1 saturated heterocycles. The van der Waals surface area contributed by atoms with Crippen LogP contribution in [0.15, 0.2) is 122 Å². The van der Waals surface area contributed by atoms with E-state index < -0.39 is 58.7 Å². The molecular formula is C56H92O6. The van der Waals surface area contributed by atoms with Crippen molar-refractivity contribution >= 4 is 0 Å². The van der Waals surface area contributed by atoms with Gasteiger partial charge in [-0.25, -0.2) is 0 Å². The highest BCUT2D eigenvalue weighted by molar-refractivity contribution is 5.09. The van der Waals surface area contributed by atoms with Gasteiger partial charge in [0.05, 0.1) is 34.6 Å². The van der Waals surface area contributed by atoms with Crippen LogP contribution in [0.5, 0.6) is 0 Å². The summed E-state index contributed by atoms with van der Waals surface area (Å²) >= 11 is 0. The molecule has 0 spiro atoms. The lowest BCUT2D eigenvalue weighted by Crippen LogP contribution is -2.66. The quantitative estimate of drug-likeness (QED) is 0.0647. The standard InChI is InChI=1S/C56H92O6/c1-21-52(16,36-26-31-42(6)7)57-41-47-48(59-53(17,22-2)37-27-32-43(8)9)49(60-54(18,23-3)38-28-33-44(10)11)50(61-55(19,24-4)39-29-34-45(12)13)51(58-47)62-56(20,25-5)40-30-35-46(14)15/h21-25,31-35,47-51H,1-5,26-30,36-41H2,6-20H3/t47-,48-,49+,50-,51?,52?,53?,54?,55?,56?/m1/s1. The van der Waals surface area contributed by atoms with E-state index in [0.29, 0.717) is 25.7 Å². The molecule has 1 heterocycles. The van der Waals surface area contributed by atoms with Crippen LogP contribution in [0.4, 0.5) is 0 Å². The third-order valence-corrected chi connectivity index (χ3v) is 11.9. The van der Waals surface area contributed by atoms with Gasteiger partial charge >= 0.3 is 0 Å². The highest BCUT2D eigenvalue weighted by Crippen LogP contribution is 2.41. The molecule has 10 atom stereocenters. The summed E-state index contributed by atoms with van der Waals surface area (Å²) in [4.78, 5) is 0. The Morgan fingerprint density at radius 2 is 0.677 bits per heavy atom. The molecule has 1 aliphatic rings. The lowest BCUT2D eigenvalue weighted by molar-refractivity contribution is -0.363. The van der Waals surface area contributed by atoms with E-state index >= 15 is 0 Å². The number of hydrogen-bond donors (Lipinski definition) is 0. The predicted molar refractivity (Wildman–Crippen MR) is 267 cm³/mol. The Bertz CT molecular complexity index is 1580. The normalized spacial score (nSPS) is 23.6. The second kappa shape index (κ2) is 26.8. The van der Waals surface area contributed by atoms with Crippen molar-refractivity contribution in [1.82, 2.24) is 0 Å². The fourth-order valence-corrected chi connectivity index (χ4v) is 7.29. The summed E-state index contributed by atoms with van der Waals surface area (Å²) in [6, 6.07) is 0. The van der Waals surface area contributed by atoms with Crippen molar-refractivity contribution in [1.29, 1.82) is 0 Å². The molecule has 0 aromatic rings. The highest BCUT2D eigenvalue weighted by atomic mass is 16.7. The maximum absolute atomic E-state index is 7.50. The van der Waals surface area contributed by atoms with Crippen molar-refractivity contribution in [2.45, 2.75) is 227 Å². The monoisotopic (exact) mass is 861 g/mol. The van der Waals surface area contributed by atoms with Crippen molar-refractivity contribution < 1.29 is 28.4 Å². The van der Waals surface area contributed by atoms with Gasteiger partial charge in [-0.05, 0) is 168 Å². The molecule has 0 amide bonds. The fourth-order valence-electron chi connectivity index (χ4n) is 7.29. The van der Waals surface area contributed by atoms with Crippen LogP contribution < -0.4 is 0 Å². The molecule has 0 N–H and O–H groups in total. The van der Waals surface area contributed by atoms with E-state index in [9.17, 15) is 0 Å². The van der Waals surface area contributed by atoms with Crippen LogP contribution >= 0.6 is 0 Å². The lowest BCUT2D eigenvalue weighted by atomic mass is 9.91. The van der Waals surface area contributed by atoms with Crippen LogP contribution in [-0.2, 0) is 28.4 Å². The molecule has 0 bridgehead atoms. The van der Waals surface area contributed by atoms with E-state index in [4.69, 9.17) is 28.4 Å². The summed E-state index contributed by atoms with van der Waals surface area (Å²) in [5.74, 6) is 0. The zero-order valence-electron chi connectivity index (χ0n) is 42.4. The Morgan fingerprint density at radius 1 is 0.403 bits per heavy atom. The lowest BCUT2D eigenvalue weighted by Gasteiger charge is -2.52. The minimum atomic E-state index is -0.918. The first-order chi connectivity index (χ1) is 28.8. The topological polar surface area (TPSA) is 55.4 Å². The van der Waals surface area contributed by atoms with E-state index in [1.807, 2.05) is 30.4 Å². The van der Waals surface area contributed by atoms with Crippen molar-refractivity contribution in [2.75, 3.05) is 6.61 Å². The van der Waals surface area contributed by atoms with Crippen molar-refractivity contribution in [3.63, 3.8) is 0 Å². The van der Waals surface area contributed by atoms with Gasteiger partial charge in [-0.3, -0.25) is 0 Å². The maximum Gasteiger partial charge on any atom is 0.188 e. The smallest absolute Gasteiger partial charge is 0.188 e. The van der Waals surface area contributed by atoms with Crippen LogP contribution in [0.25, 0.3) is 0 Å². The molecule has 0 radical (unpaired) electrons. The number of allylic oxidation sites excluding steroid dienone is 10. The first-order valence-electron chi connectivity index (χ1n) is 23.2. The van der Waals surface area contributed by atoms with E-state index in [2.05, 4.69) is 167 Å². The second-order valence-corrected chi connectivity index (χ2v) is 19.9. The van der Waals surface area contributed by atoms with Crippen molar-refractivity contribution in [3.8, 4) is 0 Å². The summed E-state index contributed by atoms with van der Waals surface area (Å²) in [7, 11) is 0. The van der Waals surface area contributed by atoms with Gasteiger partial charge in [-0.15, -0.1) is 32.9 Å². The SMILES string of the molecule is C=CC(C)(CCC=C(C)C)OC[C@H]1OC(OC(C)(C=C)CCC=C(C)C)[C@H](OC(C)(C=C)CCC=C(C)C)[C@@H](OC(C)(C=C)CCC=C(C)C)[C@@H]1OC(C)(C=C)CCC=C(C)C. The maximum atomic E-state index is 7.50. The second-order valence-electron chi connectivity index (χ2n) is 19.9. The summed E-state index contributed by atoms with van der Waals surface area (Å²) < 4.78 is 43.7. The molecule has 1 rings (SSSR count). The van der Waals surface area contributed by atoms with Crippen LogP contribution in [0.1, 0.15) is 168 Å². The van der Waals surface area contributed by atoms with Gasteiger partial charge in [0.15, 0.2) is 6.29 Å². The summed E-state index contributed by atoms with van der Waals surface area (Å²) in [5.41, 5.74) is 2.51. The molecule has 6 nitrogen and oxygen atoms in total. The van der Waals surface area contributed by atoms with Crippen LogP contribution in [0.3, 0.4) is 0 Å². The molecule has 0 saturated carbocycles. The number of hydrogen-bond acceptors (Lipinski definition) is 6. The van der Waals surface area contributed by atoms with E-state index in [1.165, 1.54) is 27.9 Å². The van der Waals surface area contributed by atoms with E-state index in [-0.39, 0.29) is 6.61 Å². The van der Waals surface area contributed by atoms with Crippen LogP contribution in [0.2, 0.25) is 0 Å². The molecule has 0 aliphatic carbocycles. The zero-order chi connectivity index (χ0) is 47.4. The first-order valence-corrected chi connectivity index (χ1v) is 23.2. The number of ether oxygens (including phenoxy) is 6. The molecule has 352 valence electrons. The summed E-state index contributed by atoms with van der Waals surface area (Å²) in [6.07, 6.45) is 24.4. The minimum absolute atomic E-state index is 0.181. The van der Waals surface area contributed by atoms with Gasteiger partial charge < -0.3 is 28.4 Å². The van der Waals surface area contributed by atoms with Crippen molar-refractivity contribution in [3.05, 3.63) is 122 Å². The molecule has 0 aromatic heterocycles. The highest BCUT2D eigenvalue weighted by Gasteiger charge is 2.55. The largest absolute Gasteiger partial charge is 0.368 e. The van der Waals surface area contributed by atoms with E-state index in [0.717, 1.165) is 38.5 Å². The zero-order valence-corrected chi connectivity index (χ0v) is 42.4. The molecule has 6 unspecified atom stereocenters. The average Bonchev–Trinajstić information content (AvgIpc) is 3.18. The van der Waals surface area contributed by atoms with Gasteiger partial charge in [-0.2, -0.15) is 0 Å². The Morgan fingerprint density at radius 3 is 0.984 bits per heavy atom. The molecule has 1 fully saturated rings. The Kier molecular flexibility index (Phi) is 24.7. The van der Waals surface area contributed by atoms with E-state index in [1.54, 1.807) is 0 Å². The summed E-state index contributed by atoms with van der Waals surface area (Å²) in [5, 5.41) is 0. The van der Waals surface area contributed by atoms with Gasteiger partial charge in [0.25, 0.3) is 0 Å². The van der Waals surface area contributed by atoms with Crippen molar-refractivity contribution in [2.24, 2.45) is 0 Å².